The Morgan fingerprint density at radius 1 is 1.29 bits per heavy atom. The SMILES string of the molecule is CCCCCC[n+]1cc[nH]c1SC[C@H](C)N.F[B-](F)(F)F. The first-order chi connectivity index (χ1) is 9.74. The lowest BCUT2D eigenvalue weighted by Crippen LogP contribution is -2.34. The van der Waals surface area contributed by atoms with Gasteiger partial charge in [-0.05, 0) is 31.5 Å². The van der Waals surface area contributed by atoms with E-state index in [0.717, 1.165) is 12.3 Å². The summed E-state index contributed by atoms with van der Waals surface area (Å²) < 4.78 is 41.3. The number of H-pyrrole nitrogens is 1. The number of aromatic amines is 1. The number of hydrogen-bond donors (Lipinski definition) is 2. The number of nitrogens with one attached hydrogen (secondary N) is 1. The van der Waals surface area contributed by atoms with Crippen LogP contribution >= 0.6 is 11.8 Å². The molecule has 0 aliphatic carbocycles. The topological polar surface area (TPSA) is 45.7 Å². The van der Waals surface area contributed by atoms with Gasteiger partial charge in [-0.2, -0.15) is 0 Å². The highest BCUT2D eigenvalue weighted by Crippen LogP contribution is 2.11. The van der Waals surface area contributed by atoms with Gasteiger partial charge in [0.25, 0.3) is 0 Å². The van der Waals surface area contributed by atoms with Crippen molar-refractivity contribution in [2.75, 3.05) is 5.75 Å². The van der Waals surface area contributed by atoms with Crippen molar-refractivity contribution in [1.82, 2.24) is 4.98 Å². The standard InChI is InChI=1S/C12H23N3S.BF4/c1-3-4-5-6-8-15-9-7-14-12(15)16-10-11(2)13;2-1(3,4)5/h7,9,11H,3-6,8,10,13H2,1-2H3;/q;-1/p+1/t11-;/m0./s1. The van der Waals surface area contributed by atoms with Crippen molar-refractivity contribution < 1.29 is 21.8 Å². The summed E-state index contributed by atoms with van der Waals surface area (Å²) in [5, 5.41) is 1.23. The van der Waals surface area contributed by atoms with E-state index >= 15 is 0 Å². The van der Waals surface area contributed by atoms with Gasteiger partial charge in [0.1, 0.15) is 12.4 Å². The Kier molecular flexibility index (Phi) is 10.6. The predicted octanol–water partition coefficient (Wildman–Crippen LogP) is 3.62. The van der Waals surface area contributed by atoms with Gasteiger partial charge in [-0.25, -0.2) is 9.55 Å². The van der Waals surface area contributed by atoms with Crippen LogP contribution in [0.15, 0.2) is 17.6 Å². The van der Waals surface area contributed by atoms with E-state index in [0.29, 0.717) is 0 Å². The Bertz CT molecular complexity index is 366. The molecule has 1 aromatic heterocycles. The number of thioether (sulfide) groups is 1. The zero-order chi connectivity index (χ0) is 16.3. The first-order valence-corrected chi connectivity index (χ1v) is 8.05. The van der Waals surface area contributed by atoms with Crippen molar-refractivity contribution in [3.63, 3.8) is 0 Å². The highest BCUT2D eigenvalue weighted by Gasteiger charge is 2.20. The van der Waals surface area contributed by atoms with Crippen molar-refractivity contribution >= 4 is 19.0 Å². The highest BCUT2D eigenvalue weighted by atomic mass is 32.2. The summed E-state index contributed by atoms with van der Waals surface area (Å²) in [6.07, 6.45) is 9.35. The van der Waals surface area contributed by atoms with Gasteiger partial charge in [-0.1, -0.05) is 19.8 Å². The molecule has 0 saturated heterocycles. The van der Waals surface area contributed by atoms with Gasteiger partial charge >= 0.3 is 12.4 Å². The fourth-order valence-electron chi connectivity index (χ4n) is 1.57. The first-order valence-electron chi connectivity index (χ1n) is 7.06. The second kappa shape index (κ2) is 11.0. The first kappa shape index (κ1) is 20.3. The molecule has 9 heteroatoms. The van der Waals surface area contributed by atoms with Gasteiger partial charge in [0.05, 0.1) is 6.54 Å². The van der Waals surface area contributed by atoms with E-state index in [1.54, 1.807) is 0 Å². The van der Waals surface area contributed by atoms with Gasteiger partial charge < -0.3 is 23.0 Å². The van der Waals surface area contributed by atoms with Crippen molar-refractivity contribution in [2.24, 2.45) is 5.73 Å². The van der Waals surface area contributed by atoms with Crippen molar-refractivity contribution in [3.05, 3.63) is 12.4 Å². The number of halogens is 4. The predicted molar refractivity (Wildman–Crippen MR) is 79.7 cm³/mol. The lowest BCUT2D eigenvalue weighted by Gasteiger charge is -2.03. The van der Waals surface area contributed by atoms with Crippen molar-refractivity contribution in [3.8, 4) is 0 Å². The molecule has 0 amide bonds. The van der Waals surface area contributed by atoms with Gasteiger partial charge in [0.15, 0.2) is 0 Å². The summed E-state index contributed by atoms with van der Waals surface area (Å²) in [7, 11) is -6.00. The summed E-state index contributed by atoms with van der Waals surface area (Å²) >= 11 is 1.81. The fraction of sp³-hybridized carbons (Fsp3) is 0.750. The molecule has 3 N–H and O–H groups in total. The lowest BCUT2D eigenvalue weighted by atomic mass is 10.2. The molecule has 0 aliphatic heterocycles. The number of aromatic nitrogens is 2. The zero-order valence-corrected chi connectivity index (χ0v) is 13.3. The molecule has 1 atom stereocenters. The lowest BCUT2D eigenvalue weighted by molar-refractivity contribution is -0.732. The molecule has 21 heavy (non-hydrogen) atoms. The Labute approximate surface area is 127 Å². The molecule has 0 aliphatic rings. The number of nitrogens with zero attached hydrogens (tertiary/aromatic N) is 1. The average molecular weight is 329 g/mol. The van der Waals surface area contributed by atoms with Crippen molar-refractivity contribution in [2.45, 2.75) is 57.3 Å². The van der Waals surface area contributed by atoms with Crippen LogP contribution in [-0.2, 0) is 6.54 Å². The molecule has 0 saturated carbocycles. The number of rotatable bonds is 8. The maximum Gasteiger partial charge on any atom is 0.673 e. The minimum Gasteiger partial charge on any atom is -0.418 e. The minimum absolute atomic E-state index is 0.252. The average Bonchev–Trinajstić information content (AvgIpc) is 2.77. The molecule has 0 spiro atoms. The monoisotopic (exact) mass is 329 g/mol. The van der Waals surface area contributed by atoms with Crippen LogP contribution in [0.2, 0.25) is 0 Å². The third kappa shape index (κ3) is 14.0. The molecule has 0 aromatic carbocycles. The Balaban J connectivity index is 0.000000690. The molecule has 1 aromatic rings. The molecular formula is C12H24BF4N3S. The van der Waals surface area contributed by atoms with Gasteiger partial charge in [0, 0.05) is 11.8 Å². The Morgan fingerprint density at radius 3 is 2.43 bits per heavy atom. The van der Waals surface area contributed by atoms with E-state index < -0.39 is 7.25 Å². The summed E-state index contributed by atoms with van der Waals surface area (Å²) in [6.45, 7) is 5.40. The summed E-state index contributed by atoms with van der Waals surface area (Å²) in [4.78, 5) is 3.27. The second-order valence-corrected chi connectivity index (χ2v) is 5.81. The van der Waals surface area contributed by atoms with Crippen LogP contribution in [0, 0.1) is 0 Å². The summed E-state index contributed by atoms with van der Waals surface area (Å²) in [5.74, 6) is 0.968. The number of aryl methyl sites for hydroxylation is 1. The van der Waals surface area contributed by atoms with Crippen molar-refractivity contribution in [1.29, 1.82) is 0 Å². The van der Waals surface area contributed by atoms with Crippen LogP contribution in [0.5, 0.6) is 0 Å². The number of unbranched alkanes of at least 4 members (excludes halogenated alkanes) is 3. The molecule has 0 radical (unpaired) electrons. The van der Waals surface area contributed by atoms with E-state index in [1.807, 2.05) is 24.9 Å². The minimum atomic E-state index is -6.00. The number of imidazole rings is 1. The van der Waals surface area contributed by atoms with Crippen LogP contribution in [0.3, 0.4) is 0 Å². The summed E-state index contributed by atoms with van der Waals surface area (Å²) in [5.41, 5.74) is 5.75. The Morgan fingerprint density at radius 2 is 1.90 bits per heavy atom. The van der Waals surface area contributed by atoms with E-state index in [4.69, 9.17) is 5.73 Å². The number of hydrogen-bond acceptors (Lipinski definition) is 2. The van der Waals surface area contributed by atoms with Crippen LogP contribution in [0.25, 0.3) is 0 Å². The maximum absolute atomic E-state index is 9.75. The normalized spacial score (nSPS) is 12.7. The maximum atomic E-state index is 9.75. The molecule has 124 valence electrons. The van der Waals surface area contributed by atoms with E-state index in [2.05, 4.69) is 22.7 Å². The molecular weight excluding hydrogens is 305 g/mol. The van der Waals surface area contributed by atoms with E-state index in [-0.39, 0.29) is 6.04 Å². The second-order valence-electron chi connectivity index (χ2n) is 4.80. The van der Waals surface area contributed by atoms with Crippen LogP contribution < -0.4 is 10.3 Å². The quantitative estimate of drug-likeness (QED) is 0.252. The molecule has 1 rings (SSSR count). The molecule has 3 nitrogen and oxygen atoms in total. The van der Waals surface area contributed by atoms with E-state index in [1.165, 1.54) is 30.8 Å². The summed E-state index contributed by atoms with van der Waals surface area (Å²) in [6, 6.07) is 0.252. The highest BCUT2D eigenvalue weighted by molar-refractivity contribution is 7.99. The number of nitrogens with two attached hydrogens (primary N) is 1. The van der Waals surface area contributed by atoms with Gasteiger partial charge in [-0.3, -0.25) is 0 Å². The molecule has 0 unspecified atom stereocenters. The molecule has 0 fully saturated rings. The zero-order valence-electron chi connectivity index (χ0n) is 12.5. The molecule has 1 heterocycles. The van der Waals surface area contributed by atoms with Crippen LogP contribution in [-0.4, -0.2) is 24.0 Å². The largest absolute Gasteiger partial charge is 0.673 e. The van der Waals surface area contributed by atoms with Crippen LogP contribution in [0.4, 0.5) is 17.3 Å². The smallest absolute Gasteiger partial charge is 0.418 e. The third-order valence-electron chi connectivity index (χ3n) is 2.46. The fourth-order valence-corrected chi connectivity index (χ4v) is 2.46. The molecule has 0 bridgehead atoms. The Hall–Kier alpha value is -0.695. The van der Waals surface area contributed by atoms with Crippen LogP contribution in [0.1, 0.15) is 39.5 Å². The van der Waals surface area contributed by atoms with E-state index in [9.17, 15) is 17.3 Å². The third-order valence-corrected chi connectivity index (χ3v) is 3.78. The van der Waals surface area contributed by atoms with Gasteiger partial charge in [-0.15, -0.1) is 0 Å². The van der Waals surface area contributed by atoms with Gasteiger partial charge in [0.2, 0.25) is 0 Å².